The number of carbonyl (C=O) groups is 2. The van der Waals surface area contributed by atoms with E-state index in [2.05, 4.69) is 10.3 Å². The van der Waals surface area contributed by atoms with Crippen LogP contribution in [-0.4, -0.2) is 32.6 Å². The van der Waals surface area contributed by atoms with E-state index in [-0.39, 0.29) is 18.4 Å². The van der Waals surface area contributed by atoms with Crippen LogP contribution < -0.4 is 16.6 Å². The summed E-state index contributed by atoms with van der Waals surface area (Å²) >= 11 is 0. The average Bonchev–Trinajstić information content (AvgIpc) is 3.03. The predicted octanol–water partition coefficient (Wildman–Crippen LogP) is -0.141. The number of H-pyrrole nitrogens is 1. The van der Waals surface area contributed by atoms with Gasteiger partial charge in [-0.2, -0.15) is 0 Å². The molecule has 0 radical (unpaired) electrons. The molecule has 1 saturated carbocycles. The number of hydrogen-bond acceptors (Lipinski definition) is 4. The van der Waals surface area contributed by atoms with E-state index in [1.807, 2.05) is 0 Å². The third-order valence-corrected chi connectivity index (χ3v) is 4.19. The van der Waals surface area contributed by atoms with Crippen LogP contribution in [0.3, 0.4) is 0 Å². The van der Waals surface area contributed by atoms with Crippen LogP contribution in [0.1, 0.15) is 38.2 Å². The van der Waals surface area contributed by atoms with Crippen LogP contribution in [0.25, 0.3) is 0 Å². The summed E-state index contributed by atoms with van der Waals surface area (Å²) in [6.45, 7) is 1.53. The first-order valence-electron chi connectivity index (χ1n) is 7.78. The lowest BCUT2D eigenvalue weighted by atomic mass is 10.1. The van der Waals surface area contributed by atoms with Crippen molar-refractivity contribution in [1.82, 2.24) is 14.9 Å². The Morgan fingerprint density at radius 3 is 2.61 bits per heavy atom. The van der Waals surface area contributed by atoms with Crippen molar-refractivity contribution >= 4 is 11.9 Å². The molecular formula is C15H21N3O5. The second-order valence-corrected chi connectivity index (χ2v) is 5.80. The molecule has 0 bridgehead atoms. The van der Waals surface area contributed by atoms with Gasteiger partial charge < -0.3 is 10.4 Å². The Hall–Kier alpha value is -2.38. The van der Waals surface area contributed by atoms with Crippen LogP contribution in [0.4, 0.5) is 0 Å². The number of rotatable bonds is 6. The van der Waals surface area contributed by atoms with Gasteiger partial charge in [0.2, 0.25) is 5.91 Å². The molecule has 1 heterocycles. The van der Waals surface area contributed by atoms with Gasteiger partial charge in [0, 0.05) is 17.7 Å². The van der Waals surface area contributed by atoms with Crippen LogP contribution in [-0.2, 0) is 22.6 Å². The molecule has 1 aromatic heterocycles. The molecule has 1 aliphatic rings. The maximum atomic E-state index is 12.1. The van der Waals surface area contributed by atoms with Gasteiger partial charge in [-0.05, 0) is 19.3 Å². The third-order valence-electron chi connectivity index (χ3n) is 4.19. The zero-order chi connectivity index (χ0) is 17.0. The minimum Gasteiger partial charge on any atom is -0.480 e. The quantitative estimate of drug-likeness (QED) is 0.672. The van der Waals surface area contributed by atoms with Gasteiger partial charge in [-0.15, -0.1) is 0 Å². The Morgan fingerprint density at radius 2 is 2.04 bits per heavy atom. The van der Waals surface area contributed by atoms with E-state index in [0.29, 0.717) is 12.0 Å². The normalized spacial score (nSPS) is 16.2. The van der Waals surface area contributed by atoms with Crippen molar-refractivity contribution in [2.24, 2.45) is 5.92 Å². The molecule has 1 fully saturated rings. The number of aliphatic carboxylic acids is 1. The third kappa shape index (κ3) is 4.08. The van der Waals surface area contributed by atoms with E-state index < -0.39 is 23.3 Å². The summed E-state index contributed by atoms with van der Waals surface area (Å²) in [4.78, 5) is 49.0. The van der Waals surface area contributed by atoms with Crippen molar-refractivity contribution in [3.8, 4) is 0 Å². The smallest absolute Gasteiger partial charge is 0.328 e. The van der Waals surface area contributed by atoms with Gasteiger partial charge in [0.25, 0.3) is 5.56 Å². The van der Waals surface area contributed by atoms with E-state index in [1.165, 1.54) is 6.20 Å². The van der Waals surface area contributed by atoms with Crippen molar-refractivity contribution in [3.63, 3.8) is 0 Å². The standard InChI is InChI=1S/C15H21N3O5/c1-2-9-7-18(15(23)17-12(9)19)8-11(14(21)22)16-13(20)10-5-3-4-6-10/h7,10-11H,2-6,8H2,1H3,(H,16,20)(H,21,22)(H,17,19,23). The van der Waals surface area contributed by atoms with Gasteiger partial charge in [-0.1, -0.05) is 19.8 Å². The van der Waals surface area contributed by atoms with Gasteiger partial charge in [0.1, 0.15) is 6.04 Å². The summed E-state index contributed by atoms with van der Waals surface area (Å²) < 4.78 is 1.12. The summed E-state index contributed by atoms with van der Waals surface area (Å²) in [5, 5.41) is 11.8. The highest BCUT2D eigenvalue weighted by atomic mass is 16.4. The number of aromatic amines is 1. The van der Waals surface area contributed by atoms with E-state index >= 15 is 0 Å². The molecule has 1 aliphatic carbocycles. The highest BCUT2D eigenvalue weighted by Gasteiger charge is 2.28. The number of carboxylic acid groups (broad SMARTS) is 1. The molecule has 1 atom stereocenters. The minimum atomic E-state index is -1.22. The maximum absolute atomic E-state index is 12.1. The van der Waals surface area contributed by atoms with Crippen LogP contribution in [0.2, 0.25) is 0 Å². The van der Waals surface area contributed by atoms with Gasteiger partial charge in [0.05, 0.1) is 6.54 Å². The topological polar surface area (TPSA) is 121 Å². The van der Waals surface area contributed by atoms with Crippen molar-refractivity contribution in [1.29, 1.82) is 0 Å². The number of amides is 1. The number of carboxylic acids is 1. The summed E-state index contributed by atoms with van der Waals surface area (Å²) in [6.07, 6.45) is 5.22. The fraction of sp³-hybridized carbons (Fsp3) is 0.600. The van der Waals surface area contributed by atoms with E-state index in [9.17, 15) is 24.3 Å². The SMILES string of the molecule is CCc1cn(CC(NC(=O)C2CCCC2)C(=O)O)c(=O)[nH]c1=O. The molecule has 1 aromatic rings. The Labute approximate surface area is 132 Å². The number of aromatic nitrogens is 2. The van der Waals surface area contributed by atoms with Crippen LogP contribution >= 0.6 is 0 Å². The zero-order valence-electron chi connectivity index (χ0n) is 13.0. The number of nitrogens with one attached hydrogen (secondary N) is 2. The van der Waals surface area contributed by atoms with Crippen molar-refractivity contribution in [2.45, 2.75) is 51.6 Å². The first-order valence-corrected chi connectivity index (χ1v) is 7.78. The molecule has 0 saturated heterocycles. The Morgan fingerprint density at radius 1 is 1.39 bits per heavy atom. The molecule has 0 spiro atoms. The highest BCUT2D eigenvalue weighted by Crippen LogP contribution is 2.24. The second-order valence-electron chi connectivity index (χ2n) is 5.80. The zero-order valence-corrected chi connectivity index (χ0v) is 13.0. The fourth-order valence-corrected chi connectivity index (χ4v) is 2.80. The van der Waals surface area contributed by atoms with E-state index in [1.54, 1.807) is 6.92 Å². The van der Waals surface area contributed by atoms with Crippen LogP contribution in [0, 0.1) is 5.92 Å². The van der Waals surface area contributed by atoms with Gasteiger partial charge in [0.15, 0.2) is 0 Å². The molecule has 0 aromatic carbocycles. The fourth-order valence-electron chi connectivity index (χ4n) is 2.80. The summed E-state index contributed by atoms with van der Waals surface area (Å²) in [6, 6.07) is -1.21. The minimum absolute atomic E-state index is 0.157. The second kappa shape index (κ2) is 7.26. The lowest BCUT2D eigenvalue weighted by Gasteiger charge is -2.18. The molecule has 1 amide bonds. The summed E-state index contributed by atoms with van der Waals surface area (Å²) in [5.74, 6) is -1.66. The molecule has 0 aliphatic heterocycles. The highest BCUT2D eigenvalue weighted by molar-refractivity contribution is 5.85. The van der Waals surface area contributed by atoms with Gasteiger partial charge in [-0.3, -0.25) is 19.1 Å². The Kier molecular flexibility index (Phi) is 5.36. The number of aryl methyl sites for hydroxylation is 1. The lowest BCUT2D eigenvalue weighted by Crippen LogP contribution is -2.47. The Bertz CT molecular complexity index is 700. The van der Waals surface area contributed by atoms with Gasteiger partial charge in [-0.25, -0.2) is 9.59 Å². The molecular weight excluding hydrogens is 302 g/mol. The largest absolute Gasteiger partial charge is 0.480 e. The first-order chi connectivity index (χ1) is 10.9. The van der Waals surface area contributed by atoms with Crippen LogP contribution in [0.5, 0.6) is 0 Å². The number of hydrogen-bond donors (Lipinski definition) is 3. The predicted molar refractivity (Wildman–Crippen MR) is 82.2 cm³/mol. The average molecular weight is 323 g/mol. The van der Waals surface area contributed by atoms with Crippen molar-refractivity contribution in [2.75, 3.05) is 0 Å². The van der Waals surface area contributed by atoms with E-state index in [4.69, 9.17) is 0 Å². The first kappa shape index (κ1) is 17.0. The maximum Gasteiger partial charge on any atom is 0.328 e. The molecule has 126 valence electrons. The van der Waals surface area contributed by atoms with Crippen molar-refractivity contribution < 1.29 is 14.7 Å². The van der Waals surface area contributed by atoms with Gasteiger partial charge >= 0.3 is 11.7 Å². The number of carbonyl (C=O) groups excluding carboxylic acids is 1. The molecule has 8 heteroatoms. The molecule has 1 unspecified atom stereocenters. The van der Waals surface area contributed by atoms with E-state index in [0.717, 1.165) is 30.3 Å². The lowest BCUT2D eigenvalue weighted by molar-refractivity contribution is -0.142. The molecule has 3 N–H and O–H groups in total. The molecule has 23 heavy (non-hydrogen) atoms. The molecule has 2 rings (SSSR count). The van der Waals surface area contributed by atoms with Crippen LogP contribution in [0.15, 0.2) is 15.8 Å². The monoisotopic (exact) mass is 323 g/mol. The number of nitrogens with zero attached hydrogens (tertiary/aromatic N) is 1. The van der Waals surface area contributed by atoms with Crippen molar-refractivity contribution in [3.05, 3.63) is 32.6 Å². The molecule has 8 nitrogen and oxygen atoms in total. The summed E-state index contributed by atoms with van der Waals surface area (Å²) in [5.41, 5.74) is -0.778. The Balaban J connectivity index is 2.16. The summed E-state index contributed by atoms with van der Waals surface area (Å²) in [7, 11) is 0.